The van der Waals surface area contributed by atoms with Gasteiger partial charge in [0.1, 0.15) is 6.10 Å². The summed E-state index contributed by atoms with van der Waals surface area (Å²) in [6.45, 7) is 0. The van der Waals surface area contributed by atoms with E-state index in [-0.39, 0.29) is 6.10 Å². The zero-order valence-corrected chi connectivity index (χ0v) is 8.45. The van der Waals surface area contributed by atoms with Gasteiger partial charge in [0.05, 0.1) is 0 Å². The van der Waals surface area contributed by atoms with Gasteiger partial charge in [0, 0.05) is 0 Å². The number of rotatable bonds is 1. The van der Waals surface area contributed by atoms with Crippen LogP contribution in [-0.4, -0.2) is 17.4 Å². The second-order valence-electron chi connectivity index (χ2n) is 4.56. The monoisotopic (exact) mass is 198 g/mol. The van der Waals surface area contributed by atoms with Gasteiger partial charge in [0.15, 0.2) is 0 Å². The minimum absolute atomic E-state index is 0.00782. The van der Waals surface area contributed by atoms with Crippen molar-refractivity contribution in [3.8, 4) is 0 Å². The molecule has 0 amide bonds. The van der Waals surface area contributed by atoms with Crippen molar-refractivity contribution >= 4 is 6.16 Å². The van der Waals surface area contributed by atoms with E-state index in [1.54, 1.807) is 0 Å². The molecule has 0 aromatic heterocycles. The summed E-state index contributed by atoms with van der Waals surface area (Å²) in [4.78, 5) is 10.5. The van der Waals surface area contributed by atoms with E-state index in [9.17, 15) is 4.79 Å². The molecule has 80 valence electrons. The number of carbonyl (C=O) groups is 1. The molecular weight excluding hydrogens is 180 g/mol. The molecule has 2 fully saturated rings. The van der Waals surface area contributed by atoms with E-state index in [2.05, 4.69) is 0 Å². The molecule has 0 radical (unpaired) electrons. The van der Waals surface area contributed by atoms with Crippen molar-refractivity contribution in [3.05, 3.63) is 0 Å². The van der Waals surface area contributed by atoms with Crippen molar-refractivity contribution in [1.82, 2.24) is 0 Å². The largest absolute Gasteiger partial charge is 0.506 e. The highest BCUT2D eigenvalue weighted by Crippen LogP contribution is 2.41. The fourth-order valence-corrected chi connectivity index (χ4v) is 3.16. The van der Waals surface area contributed by atoms with Gasteiger partial charge in [0.2, 0.25) is 0 Å². The third-order valence-corrected chi connectivity index (χ3v) is 3.76. The minimum atomic E-state index is -1.10. The van der Waals surface area contributed by atoms with Gasteiger partial charge in [-0.2, -0.15) is 0 Å². The molecule has 2 aliphatic carbocycles. The predicted molar refractivity (Wildman–Crippen MR) is 52.2 cm³/mol. The Balaban J connectivity index is 1.97. The fourth-order valence-electron chi connectivity index (χ4n) is 3.16. The van der Waals surface area contributed by atoms with E-state index >= 15 is 0 Å². The topological polar surface area (TPSA) is 46.5 Å². The van der Waals surface area contributed by atoms with E-state index in [0.717, 1.165) is 18.8 Å². The van der Waals surface area contributed by atoms with Crippen LogP contribution in [0.15, 0.2) is 0 Å². The van der Waals surface area contributed by atoms with Crippen LogP contribution in [0.1, 0.15) is 44.9 Å². The molecular formula is C11H18O3. The Labute approximate surface area is 84.4 Å². The summed E-state index contributed by atoms with van der Waals surface area (Å²) in [6.07, 6.45) is 7.28. The van der Waals surface area contributed by atoms with Gasteiger partial charge in [-0.05, 0) is 37.5 Å². The first-order chi connectivity index (χ1) is 6.77. The van der Waals surface area contributed by atoms with E-state index < -0.39 is 6.16 Å². The summed E-state index contributed by atoms with van der Waals surface area (Å²) >= 11 is 0. The lowest BCUT2D eigenvalue weighted by Gasteiger charge is -2.40. The minimum Gasteiger partial charge on any atom is -0.450 e. The van der Waals surface area contributed by atoms with E-state index in [4.69, 9.17) is 9.84 Å². The molecule has 2 rings (SSSR count). The van der Waals surface area contributed by atoms with Crippen LogP contribution in [0.5, 0.6) is 0 Å². The molecule has 1 N–H and O–H groups in total. The van der Waals surface area contributed by atoms with Crippen LogP contribution in [0.4, 0.5) is 4.79 Å². The molecule has 2 saturated carbocycles. The zero-order chi connectivity index (χ0) is 9.97. The number of fused-ring (bicyclic) bond motifs is 1. The molecule has 14 heavy (non-hydrogen) atoms. The van der Waals surface area contributed by atoms with Gasteiger partial charge in [-0.1, -0.05) is 19.3 Å². The number of carboxylic acid groups (broad SMARTS) is 1. The van der Waals surface area contributed by atoms with Crippen molar-refractivity contribution in [2.45, 2.75) is 51.0 Å². The molecule has 0 heterocycles. The van der Waals surface area contributed by atoms with Gasteiger partial charge >= 0.3 is 6.16 Å². The second-order valence-corrected chi connectivity index (χ2v) is 4.56. The van der Waals surface area contributed by atoms with Crippen LogP contribution in [0.2, 0.25) is 0 Å². The average molecular weight is 198 g/mol. The summed E-state index contributed by atoms with van der Waals surface area (Å²) in [5.74, 6) is 1.26. The van der Waals surface area contributed by atoms with Crippen molar-refractivity contribution in [2.75, 3.05) is 0 Å². The smallest absolute Gasteiger partial charge is 0.450 e. The number of hydrogen-bond acceptors (Lipinski definition) is 2. The molecule has 0 spiro atoms. The Hall–Kier alpha value is -0.730. The lowest BCUT2D eigenvalue weighted by atomic mass is 9.69. The standard InChI is InChI=1S/C11H18O3/c12-11(13)14-10-7-3-5-8-4-1-2-6-9(8)10/h8-10H,1-7H2,(H,12,13). The van der Waals surface area contributed by atoms with E-state index in [1.807, 2.05) is 0 Å². The zero-order valence-electron chi connectivity index (χ0n) is 8.45. The van der Waals surface area contributed by atoms with Crippen LogP contribution in [-0.2, 0) is 4.74 Å². The highest BCUT2D eigenvalue weighted by molar-refractivity contribution is 5.57. The predicted octanol–water partition coefficient (Wildman–Crippen LogP) is 3.04. The molecule has 0 aromatic carbocycles. The fraction of sp³-hybridized carbons (Fsp3) is 0.909. The summed E-state index contributed by atoms with van der Waals surface area (Å²) in [5.41, 5.74) is 0. The van der Waals surface area contributed by atoms with Crippen LogP contribution in [0, 0.1) is 11.8 Å². The molecule has 0 aromatic rings. The second kappa shape index (κ2) is 4.20. The summed E-state index contributed by atoms with van der Waals surface area (Å²) < 4.78 is 4.98. The quantitative estimate of drug-likeness (QED) is 0.659. The van der Waals surface area contributed by atoms with Crippen molar-refractivity contribution in [2.24, 2.45) is 11.8 Å². The van der Waals surface area contributed by atoms with Crippen LogP contribution in [0.25, 0.3) is 0 Å². The summed E-state index contributed by atoms with van der Waals surface area (Å²) in [5, 5.41) is 8.63. The Kier molecular flexibility index (Phi) is 2.94. The molecule has 0 bridgehead atoms. The number of ether oxygens (including phenoxy) is 1. The Morgan fingerprint density at radius 1 is 1.07 bits per heavy atom. The lowest BCUT2D eigenvalue weighted by Crippen LogP contribution is -2.37. The van der Waals surface area contributed by atoms with Crippen molar-refractivity contribution in [3.63, 3.8) is 0 Å². The molecule has 2 aliphatic rings. The van der Waals surface area contributed by atoms with Crippen LogP contribution < -0.4 is 0 Å². The van der Waals surface area contributed by atoms with Gasteiger partial charge in [-0.25, -0.2) is 4.79 Å². The Morgan fingerprint density at radius 2 is 1.79 bits per heavy atom. The molecule has 3 nitrogen and oxygen atoms in total. The van der Waals surface area contributed by atoms with Crippen LogP contribution in [0.3, 0.4) is 0 Å². The highest BCUT2D eigenvalue weighted by Gasteiger charge is 2.36. The lowest BCUT2D eigenvalue weighted by molar-refractivity contribution is -0.0262. The molecule has 3 unspecified atom stereocenters. The van der Waals surface area contributed by atoms with Crippen LogP contribution >= 0.6 is 0 Å². The average Bonchev–Trinajstić information content (AvgIpc) is 2.18. The van der Waals surface area contributed by atoms with Gasteiger partial charge in [-0.3, -0.25) is 0 Å². The number of hydrogen-bond donors (Lipinski definition) is 1. The first-order valence-electron chi connectivity index (χ1n) is 5.67. The molecule has 0 aliphatic heterocycles. The van der Waals surface area contributed by atoms with E-state index in [1.165, 1.54) is 32.1 Å². The van der Waals surface area contributed by atoms with Gasteiger partial charge in [-0.15, -0.1) is 0 Å². The molecule has 0 saturated heterocycles. The Bertz CT molecular complexity index is 213. The first-order valence-corrected chi connectivity index (χ1v) is 5.67. The van der Waals surface area contributed by atoms with Gasteiger partial charge < -0.3 is 9.84 Å². The maximum atomic E-state index is 10.5. The SMILES string of the molecule is O=C(O)OC1CCCC2CCCCC21. The van der Waals surface area contributed by atoms with E-state index in [0.29, 0.717) is 5.92 Å². The summed E-state index contributed by atoms with van der Waals surface area (Å²) in [6, 6.07) is 0. The third kappa shape index (κ3) is 2.02. The molecule has 3 heteroatoms. The van der Waals surface area contributed by atoms with Gasteiger partial charge in [0.25, 0.3) is 0 Å². The highest BCUT2D eigenvalue weighted by atomic mass is 16.7. The Morgan fingerprint density at radius 3 is 2.57 bits per heavy atom. The third-order valence-electron chi connectivity index (χ3n) is 3.76. The maximum absolute atomic E-state index is 10.5. The first kappa shape index (κ1) is 9.81. The molecule has 3 atom stereocenters. The normalized spacial score (nSPS) is 37.3. The summed E-state index contributed by atoms with van der Waals surface area (Å²) in [7, 11) is 0. The van der Waals surface area contributed by atoms with Crippen molar-refractivity contribution in [1.29, 1.82) is 0 Å². The van der Waals surface area contributed by atoms with Crippen molar-refractivity contribution < 1.29 is 14.6 Å². The maximum Gasteiger partial charge on any atom is 0.506 e.